The standard InChI is InChI=1S/C16H25F3N2O/c1-2-3-4-5-6-7-8-9-10-11-21-13-20-14(12-15(21)22)16(17,18)19/h12-13H,2-11H2,1H3. The molecule has 0 bridgehead atoms. The van der Waals surface area contributed by atoms with Crippen LogP contribution in [0, 0.1) is 0 Å². The second kappa shape index (κ2) is 9.64. The van der Waals surface area contributed by atoms with Gasteiger partial charge in [0.2, 0.25) is 0 Å². The van der Waals surface area contributed by atoms with Crippen LogP contribution in [0.1, 0.15) is 70.4 Å². The third kappa shape index (κ3) is 7.09. The molecule has 0 aliphatic carbocycles. The van der Waals surface area contributed by atoms with Crippen molar-refractivity contribution in [1.29, 1.82) is 0 Å². The Balaban J connectivity index is 2.22. The van der Waals surface area contributed by atoms with E-state index in [-0.39, 0.29) is 0 Å². The van der Waals surface area contributed by atoms with Crippen molar-refractivity contribution in [3.63, 3.8) is 0 Å². The first-order valence-corrected chi connectivity index (χ1v) is 8.09. The van der Waals surface area contributed by atoms with E-state index >= 15 is 0 Å². The van der Waals surface area contributed by atoms with Crippen molar-refractivity contribution < 1.29 is 13.2 Å². The van der Waals surface area contributed by atoms with Crippen molar-refractivity contribution >= 4 is 0 Å². The van der Waals surface area contributed by atoms with Gasteiger partial charge in [0.05, 0.1) is 6.33 Å². The minimum Gasteiger partial charge on any atom is -0.299 e. The molecule has 22 heavy (non-hydrogen) atoms. The fraction of sp³-hybridized carbons (Fsp3) is 0.750. The molecule has 0 saturated heterocycles. The number of nitrogens with zero attached hydrogens (tertiary/aromatic N) is 2. The molecule has 0 radical (unpaired) electrons. The van der Waals surface area contributed by atoms with E-state index in [0.717, 1.165) is 25.6 Å². The zero-order valence-electron chi connectivity index (χ0n) is 13.2. The Morgan fingerprint density at radius 3 is 2.05 bits per heavy atom. The van der Waals surface area contributed by atoms with Gasteiger partial charge in [0.25, 0.3) is 5.56 Å². The molecular weight excluding hydrogens is 293 g/mol. The topological polar surface area (TPSA) is 34.9 Å². The molecule has 1 rings (SSSR count). The number of alkyl halides is 3. The summed E-state index contributed by atoms with van der Waals surface area (Å²) in [6, 6.07) is 0.563. The molecule has 0 fully saturated rings. The van der Waals surface area contributed by atoms with Crippen LogP contribution in [0.25, 0.3) is 0 Å². The molecule has 1 aromatic heterocycles. The molecule has 1 aromatic rings. The maximum absolute atomic E-state index is 12.4. The Morgan fingerprint density at radius 1 is 1.00 bits per heavy atom. The van der Waals surface area contributed by atoms with Gasteiger partial charge >= 0.3 is 6.18 Å². The zero-order valence-corrected chi connectivity index (χ0v) is 13.2. The summed E-state index contributed by atoms with van der Waals surface area (Å²) >= 11 is 0. The number of rotatable bonds is 10. The second-order valence-corrected chi connectivity index (χ2v) is 5.63. The predicted molar refractivity (Wildman–Crippen MR) is 80.7 cm³/mol. The van der Waals surface area contributed by atoms with Crippen LogP contribution in [0.3, 0.4) is 0 Å². The third-order valence-corrected chi connectivity index (χ3v) is 3.67. The largest absolute Gasteiger partial charge is 0.433 e. The molecular formula is C16H25F3N2O. The van der Waals surface area contributed by atoms with Crippen molar-refractivity contribution in [2.45, 2.75) is 77.4 Å². The van der Waals surface area contributed by atoms with Crippen molar-refractivity contribution in [2.24, 2.45) is 0 Å². The van der Waals surface area contributed by atoms with E-state index in [9.17, 15) is 18.0 Å². The Morgan fingerprint density at radius 2 is 1.55 bits per heavy atom. The molecule has 0 aliphatic heterocycles. The van der Waals surface area contributed by atoms with E-state index in [1.54, 1.807) is 0 Å². The summed E-state index contributed by atoms with van der Waals surface area (Å²) in [7, 11) is 0. The van der Waals surface area contributed by atoms with Gasteiger partial charge in [-0.3, -0.25) is 9.36 Å². The quantitative estimate of drug-likeness (QED) is 0.581. The van der Waals surface area contributed by atoms with E-state index < -0.39 is 17.4 Å². The summed E-state index contributed by atoms with van der Waals surface area (Å²) in [6.07, 6.45) is 6.86. The lowest BCUT2D eigenvalue weighted by atomic mass is 10.1. The van der Waals surface area contributed by atoms with Crippen LogP contribution in [0.4, 0.5) is 13.2 Å². The monoisotopic (exact) mass is 318 g/mol. The number of halogens is 3. The molecule has 0 amide bonds. The van der Waals surface area contributed by atoms with Gasteiger partial charge in [0, 0.05) is 12.6 Å². The van der Waals surface area contributed by atoms with E-state index in [0.29, 0.717) is 12.6 Å². The maximum Gasteiger partial charge on any atom is 0.433 e. The molecule has 0 saturated carbocycles. The average Bonchev–Trinajstić information content (AvgIpc) is 2.46. The molecule has 126 valence electrons. The summed E-state index contributed by atoms with van der Waals surface area (Å²) in [5.41, 5.74) is -1.76. The minimum atomic E-state index is -4.56. The molecule has 6 heteroatoms. The Hall–Kier alpha value is -1.33. The van der Waals surface area contributed by atoms with Crippen molar-refractivity contribution in [3.8, 4) is 0 Å². The van der Waals surface area contributed by atoms with Gasteiger partial charge in [0.15, 0.2) is 5.69 Å². The van der Waals surface area contributed by atoms with Crippen LogP contribution in [0.5, 0.6) is 0 Å². The molecule has 0 N–H and O–H groups in total. The van der Waals surface area contributed by atoms with Crippen LogP contribution >= 0.6 is 0 Å². The van der Waals surface area contributed by atoms with Gasteiger partial charge in [-0.2, -0.15) is 13.2 Å². The highest BCUT2D eigenvalue weighted by Crippen LogP contribution is 2.25. The van der Waals surface area contributed by atoms with Gasteiger partial charge in [-0.25, -0.2) is 4.98 Å². The van der Waals surface area contributed by atoms with Gasteiger partial charge < -0.3 is 0 Å². The number of hydrogen-bond donors (Lipinski definition) is 0. The fourth-order valence-electron chi connectivity index (χ4n) is 2.34. The summed E-state index contributed by atoms with van der Waals surface area (Å²) in [5.74, 6) is 0. The second-order valence-electron chi connectivity index (χ2n) is 5.63. The highest BCUT2D eigenvalue weighted by atomic mass is 19.4. The number of hydrogen-bond acceptors (Lipinski definition) is 2. The van der Waals surface area contributed by atoms with Gasteiger partial charge in [0.1, 0.15) is 0 Å². The molecule has 0 spiro atoms. The Kier molecular flexibility index (Phi) is 8.20. The van der Waals surface area contributed by atoms with Gasteiger partial charge in [-0.1, -0.05) is 58.3 Å². The van der Waals surface area contributed by atoms with Gasteiger partial charge in [-0.05, 0) is 6.42 Å². The average molecular weight is 318 g/mol. The highest BCUT2D eigenvalue weighted by Gasteiger charge is 2.32. The first-order valence-electron chi connectivity index (χ1n) is 8.09. The lowest BCUT2D eigenvalue weighted by Crippen LogP contribution is -2.23. The summed E-state index contributed by atoms with van der Waals surface area (Å²) in [5, 5.41) is 0. The van der Waals surface area contributed by atoms with Crippen LogP contribution in [0.15, 0.2) is 17.2 Å². The first kappa shape index (κ1) is 18.7. The lowest BCUT2D eigenvalue weighted by molar-refractivity contribution is -0.141. The van der Waals surface area contributed by atoms with E-state index in [4.69, 9.17) is 0 Å². The lowest BCUT2D eigenvalue weighted by Gasteiger charge is -2.08. The summed E-state index contributed by atoms with van der Waals surface area (Å²) in [4.78, 5) is 14.9. The summed E-state index contributed by atoms with van der Waals surface area (Å²) in [6.45, 7) is 2.62. The summed E-state index contributed by atoms with van der Waals surface area (Å²) < 4.78 is 38.4. The van der Waals surface area contributed by atoms with Crippen LogP contribution in [-0.2, 0) is 12.7 Å². The highest BCUT2D eigenvalue weighted by molar-refractivity contribution is 5.03. The van der Waals surface area contributed by atoms with Crippen molar-refractivity contribution in [2.75, 3.05) is 0 Å². The Bertz CT molecular complexity index is 483. The minimum absolute atomic E-state index is 0.430. The molecule has 0 unspecified atom stereocenters. The fourth-order valence-corrected chi connectivity index (χ4v) is 2.34. The Labute approximate surface area is 129 Å². The van der Waals surface area contributed by atoms with Crippen LogP contribution in [0.2, 0.25) is 0 Å². The van der Waals surface area contributed by atoms with Crippen LogP contribution < -0.4 is 5.56 Å². The molecule has 3 nitrogen and oxygen atoms in total. The van der Waals surface area contributed by atoms with Crippen molar-refractivity contribution in [1.82, 2.24) is 9.55 Å². The third-order valence-electron chi connectivity index (χ3n) is 3.67. The smallest absolute Gasteiger partial charge is 0.299 e. The molecule has 0 atom stereocenters. The molecule has 0 aromatic carbocycles. The van der Waals surface area contributed by atoms with E-state index in [2.05, 4.69) is 11.9 Å². The zero-order chi connectivity index (χ0) is 16.4. The van der Waals surface area contributed by atoms with Gasteiger partial charge in [-0.15, -0.1) is 0 Å². The van der Waals surface area contributed by atoms with Crippen molar-refractivity contribution in [3.05, 3.63) is 28.4 Å². The van der Waals surface area contributed by atoms with Crippen LogP contribution in [-0.4, -0.2) is 9.55 Å². The van der Waals surface area contributed by atoms with E-state index in [1.807, 2.05) is 0 Å². The number of aryl methyl sites for hydroxylation is 1. The number of unbranched alkanes of at least 4 members (excludes halogenated alkanes) is 8. The maximum atomic E-state index is 12.4. The normalized spacial score (nSPS) is 11.8. The predicted octanol–water partition coefficient (Wildman–Crippen LogP) is 4.79. The van der Waals surface area contributed by atoms with E-state index in [1.165, 1.54) is 43.1 Å². The molecule has 0 aliphatic rings. The molecule has 1 heterocycles. The first-order chi connectivity index (χ1) is 10.4. The number of aromatic nitrogens is 2. The SMILES string of the molecule is CCCCCCCCCCCn1cnc(C(F)(F)F)cc1=O.